The highest BCUT2D eigenvalue weighted by atomic mass is 32.1. The lowest BCUT2D eigenvalue weighted by atomic mass is 10.0. The molecule has 0 unspecified atom stereocenters. The van der Waals surface area contributed by atoms with Gasteiger partial charge in [-0.2, -0.15) is 0 Å². The van der Waals surface area contributed by atoms with Crippen molar-refractivity contribution in [1.82, 2.24) is 25.8 Å². The first-order valence-corrected chi connectivity index (χ1v) is 17.6. The van der Waals surface area contributed by atoms with Crippen molar-refractivity contribution in [2.45, 2.75) is 64.8 Å². The molecule has 0 saturated carbocycles. The predicted octanol–water partition coefficient (Wildman–Crippen LogP) is 2.81. The fraction of sp³-hybridized carbons (Fsp3) is 0.429. The van der Waals surface area contributed by atoms with Crippen LogP contribution in [0.1, 0.15) is 51.2 Å². The van der Waals surface area contributed by atoms with Crippen LogP contribution in [0.25, 0.3) is 0 Å². The summed E-state index contributed by atoms with van der Waals surface area (Å²) in [7, 11) is 2.84. The third-order valence-corrected chi connectivity index (χ3v) is 8.52. The van der Waals surface area contributed by atoms with E-state index in [1.807, 2.05) is 26.0 Å². The van der Waals surface area contributed by atoms with E-state index in [-0.39, 0.29) is 43.6 Å². The van der Waals surface area contributed by atoms with E-state index in [1.165, 1.54) is 25.9 Å². The van der Waals surface area contributed by atoms with Crippen molar-refractivity contribution in [1.29, 1.82) is 0 Å². The number of urea groups is 1. The van der Waals surface area contributed by atoms with Crippen LogP contribution in [0.3, 0.4) is 0 Å². The zero-order valence-corrected chi connectivity index (χ0v) is 32.0. The van der Waals surface area contributed by atoms with E-state index in [9.17, 15) is 28.8 Å². The number of nitrogens with one attached hydrogen (secondary N) is 5. The first kappa shape index (κ1) is 43.8. The van der Waals surface area contributed by atoms with E-state index in [0.717, 1.165) is 10.5 Å². The van der Waals surface area contributed by atoms with Gasteiger partial charge in [0.15, 0.2) is 5.11 Å². The molecule has 2 rings (SSSR count). The lowest BCUT2D eigenvalue weighted by Gasteiger charge is -2.26. The van der Waals surface area contributed by atoms with Crippen molar-refractivity contribution in [2.24, 2.45) is 11.7 Å². The number of nitrogens with two attached hydrogens (primary N) is 1. The average Bonchev–Trinajstić information content (AvgIpc) is 3.12. The molecule has 0 fully saturated rings. The van der Waals surface area contributed by atoms with Crippen LogP contribution in [-0.2, 0) is 30.5 Å². The molecule has 0 saturated heterocycles. The molecule has 0 spiro atoms. The zero-order valence-electron chi connectivity index (χ0n) is 30.3. The number of anilines is 2. The number of carbonyl (C=O) groups excluding carboxylic acids is 5. The van der Waals surface area contributed by atoms with Gasteiger partial charge in [-0.1, -0.05) is 50.3 Å². The molecule has 2 aromatic rings. The maximum atomic E-state index is 13.5. The average molecular weight is 773 g/mol. The van der Waals surface area contributed by atoms with Gasteiger partial charge in [-0.25, -0.2) is 14.4 Å². The van der Waals surface area contributed by atoms with Crippen molar-refractivity contribution in [3.8, 4) is 0 Å². The van der Waals surface area contributed by atoms with E-state index >= 15 is 0 Å². The second-order valence-corrected chi connectivity index (χ2v) is 13.1. The maximum absolute atomic E-state index is 13.5. The topological polar surface area (TPSA) is 225 Å². The van der Waals surface area contributed by atoms with Gasteiger partial charge in [0.2, 0.25) is 17.7 Å². The van der Waals surface area contributed by atoms with Gasteiger partial charge < -0.3 is 52.0 Å². The summed E-state index contributed by atoms with van der Waals surface area (Å²) in [6.45, 7) is 5.18. The normalized spacial score (nSPS) is 12.3. The van der Waals surface area contributed by atoms with Crippen LogP contribution < -0.4 is 32.3 Å². The van der Waals surface area contributed by atoms with Gasteiger partial charge in [0.1, 0.15) is 24.7 Å². The van der Waals surface area contributed by atoms with E-state index in [4.69, 9.17) is 40.0 Å². The van der Waals surface area contributed by atoms with Gasteiger partial charge >= 0.3 is 18.1 Å². The largest absolute Gasteiger partial charge is 0.480 e. The number of thiocarbonyl (C=S) groups is 2. The Hall–Kier alpha value is -5.36. The Morgan fingerprint density at radius 2 is 1.51 bits per heavy atom. The van der Waals surface area contributed by atoms with Gasteiger partial charge in [-0.05, 0) is 73.3 Å². The second kappa shape index (κ2) is 21.9. The number of nitrogens with zero attached hydrogens (tertiary/aromatic N) is 2. The van der Waals surface area contributed by atoms with Gasteiger partial charge in [0, 0.05) is 50.3 Å². The quantitative estimate of drug-likeness (QED) is 0.0809. The Balaban J connectivity index is 2.00. The predicted molar refractivity (Wildman–Crippen MR) is 208 cm³/mol. The monoisotopic (exact) mass is 772 g/mol. The van der Waals surface area contributed by atoms with E-state index < -0.39 is 53.9 Å². The van der Waals surface area contributed by atoms with Crippen molar-refractivity contribution in [2.75, 3.05) is 37.8 Å². The minimum Gasteiger partial charge on any atom is -0.480 e. The Labute approximate surface area is 319 Å². The number of aliphatic carboxylic acids is 1. The molecule has 8 N–H and O–H groups in total. The molecular formula is C35H48N8O8S2. The summed E-state index contributed by atoms with van der Waals surface area (Å²) < 4.78 is 5.32. The Bertz CT molecular complexity index is 1610. The third kappa shape index (κ3) is 15.4. The first-order valence-electron chi connectivity index (χ1n) is 16.7. The summed E-state index contributed by atoms with van der Waals surface area (Å²) in [6, 6.07) is 10.3. The highest BCUT2D eigenvalue weighted by molar-refractivity contribution is 7.80. The van der Waals surface area contributed by atoms with E-state index in [1.54, 1.807) is 41.8 Å². The minimum absolute atomic E-state index is 0.0246. The van der Waals surface area contributed by atoms with Crippen molar-refractivity contribution < 1.29 is 38.6 Å². The number of primary amides is 1. The fourth-order valence-electron chi connectivity index (χ4n) is 4.62. The number of carboxylic acids is 1. The summed E-state index contributed by atoms with van der Waals surface area (Å²) >= 11 is 10.4. The highest BCUT2D eigenvalue weighted by Gasteiger charge is 2.28. The summed E-state index contributed by atoms with van der Waals surface area (Å²) in [5.74, 6) is -2.75. The van der Waals surface area contributed by atoms with Crippen molar-refractivity contribution in [3.63, 3.8) is 0 Å². The van der Waals surface area contributed by atoms with Crippen LogP contribution >= 0.6 is 24.4 Å². The standard InChI is InChI=1S/C35H48N8O8S2/c1-21(2)29(41-34(53)39-26-14-10-24(20-52)11-15-26)31(46)40-27(7-6-17-37-33(36)49)30(45)38-25-12-8-23(9-13-25)19-51-35(50)42(4)18-16-28(44)43(5)22(3)32(47)48/h8-15,20-22,27,29H,6-7,16-19H2,1-5H3,(H,38,45)(H,40,46)(H,47,48)(H3,36,37,49)(H2,39,41,53)/t22-,27-,29-/m0/s1. The minimum atomic E-state index is -1.13. The number of hydrogen-bond donors (Lipinski definition) is 7. The number of ether oxygens (including phenoxy) is 1. The molecule has 288 valence electrons. The van der Waals surface area contributed by atoms with Gasteiger partial charge in [0.05, 0.1) is 0 Å². The number of benzene rings is 2. The molecule has 2 aromatic carbocycles. The fourth-order valence-corrected chi connectivity index (χ4v) is 5.02. The molecule has 53 heavy (non-hydrogen) atoms. The number of carboxylic acid groups (broad SMARTS) is 1. The number of hydrogen-bond acceptors (Lipinski definition) is 9. The molecule has 0 radical (unpaired) electrons. The smallest absolute Gasteiger partial charge is 0.409 e. The Kier molecular flexibility index (Phi) is 18.1. The number of carbonyl (C=O) groups is 6. The lowest BCUT2D eigenvalue weighted by molar-refractivity contribution is -0.148. The summed E-state index contributed by atoms with van der Waals surface area (Å²) in [6.07, 6.45) is -0.246. The van der Waals surface area contributed by atoms with Crippen LogP contribution in [-0.4, -0.2) is 107 Å². The van der Waals surface area contributed by atoms with Gasteiger partial charge in [-0.3, -0.25) is 14.4 Å². The molecule has 0 aliphatic carbocycles. The second-order valence-electron chi connectivity index (χ2n) is 12.5. The maximum Gasteiger partial charge on any atom is 0.409 e. The molecule has 0 heterocycles. The van der Waals surface area contributed by atoms with Crippen LogP contribution in [0.4, 0.5) is 21.0 Å². The van der Waals surface area contributed by atoms with Gasteiger partial charge in [-0.15, -0.1) is 0 Å². The lowest BCUT2D eigenvalue weighted by Crippen LogP contribution is -2.55. The summed E-state index contributed by atoms with van der Waals surface area (Å²) in [5.41, 5.74) is 7.76. The Morgan fingerprint density at radius 3 is 2.08 bits per heavy atom. The molecule has 0 aliphatic rings. The van der Waals surface area contributed by atoms with Gasteiger partial charge in [0.25, 0.3) is 0 Å². The molecule has 0 aromatic heterocycles. The number of rotatable bonds is 19. The molecule has 18 heteroatoms. The van der Waals surface area contributed by atoms with Crippen molar-refractivity contribution >= 4 is 82.1 Å². The highest BCUT2D eigenvalue weighted by Crippen LogP contribution is 2.14. The molecule has 0 bridgehead atoms. The Morgan fingerprint density at radius 1 is 0.906 bits per heavy atom. The zero-order chi connectivity index (χ0) is 39.7. The van der Waals surface area contributed by atoms with Crippen LogP contribution in [0.2, 0.25) is 0 Å². The van der Waals surface area contributed by atoms with E-state index in [2.05, 4.69) is 26.6 Å². The molecule has 6 amide bonds. The van der Waals surface area contributed by atoms with E-state index in [0.29, 0.717) is 23.4 Å². The summed E-state index contributed by atoms with van der Waals surface area (Å²) in [5, 5.41) is 25.0. The first-order chi connectivity index (χ1) is 25.0. The summed E-state index contributed by atoms with van der Waals surface area (Å²) in [4.78, 5) is 76.2. The van der Waals surface area contributed by atoms with Crippen LogP contribution in [0.15, 0.2) is 48.5 Å². The van der Waals surface area contributed by atoms with Crippen LogP contribution in [0, 0.1) is 5.92 Å². The molecular weight excluding hydrogens is 725 g/mol. The molecule has 16 nitrogen and oxygen atoms in total. The third-order valence-electron chi connectivity index (χ3n) is 8.03. The SMILES string of the molecule is CC(C)[C@H](NC(=S)Nc1ccc(C=S)cc1)C(=O)N[C@@H](CCCNC(N)=O)C(=O)Nc1ccc(COC(=O)N(C)CCC(=O)N(C)[C@@H](C)C(=O)O)cc1. The molecule has 0 aliphatic heterocycles. The number of likely N-dealkylation sites (N-methyl/N-ethyl adjacent to an activating group) is 1. The van der Waals surface area contributed by atoms with Crippen molar-refractivity contribution in [3.05, 3.63) is 59.7 Å². The van der Waals surface area contributed by atoms with Crippen LogP contribution in [0.5, 0.6) is 0 Å². The molecule has 3 atom stereocenters. The number of amides is 6.